The topological polar surface area (TPSA) is 91.5 Å². The molecule has 2 unspecified atom stereocenters. The number of Topliss-reactive ketones (excluding diaryl/α,β-unsaturated/α-hetero) is 1. The van der Waals surface area contributed by atoms with Crippen LogP contribution in [0.1, 0.15) is 17.2 Å². The third kappa shape index (κ3) is 4.62. The van der Waals surface area contributed by atoms with Crippen LogP contribution in [-0.4, -0.2) is 22.1 Å². The number of carbonyl (C=O) groups is 1. The molecule has 0 spiro atoms. The van der Waals surface area contributed by atoms with E-state index < -0.39 is 23.0 Å². The third-order valence-corrected chi connectivity index (χ3v) is 5.03. The van der Waals surface area contributed by atoms with Gasteiger partial charge in [-0.15, -0.1) is 0 Å². The molecule has 0 radical (unpaired) electrons. The van der Waals surface area contributed by atoms with E-state index in [1.165, 1.54) is 7.11 Å². The molecule has 0 amide bonds. The number of hydrogen-bond acceptors (Lipinski definition) is 6. The van der Waals surface area contributed by atoms with Crippen LogP contribution in [0.2, 0.25) is 0 Å². The van der Waals surface area contributed by atoms with E-state index in [2.05, 4.69) is 4.98 Å². The molecule has 0 bridgehead atoms. The van der Waals surface area contributed by atoms with Gasteiger partial charge in [0, 0.05) is 30.5 Å². The summed E-state index contributed by atoms with van der Waals surface area (Å²) in [6.45, 7) is 0. The van der Waals surface area contributed by atoms with Crippen molar-refractivity contribution < 1.29 is 17.9 Å². The Balaban J connectivity index is 1.76. The lowest BCUT2D eigenvalue weighted by atomic mass is 10.0. The smallest absolute Gasteiger partial charge is 0.233 e. The van der Waals surface area contributed by atoms with Crippen LogP contribution in [0.25, 0.3) is 10.9 Å². The quantitative estimate of drug-likeness (QED) is 0.464. The molecule has 2 N–H and O–H groups in total. The Kier molecular flexibility index (Phi) is 6.52. The predicted molar refractivity (Wildman–Crippen MR) is 108 cm³/mol. The molecule has 0 saturated carbocycles. The van der Waals surface area contributed by atoms with Gasteiger partial charge < -0.3 is 14.7 Å². The lowest BCUT2D eigenvalue weighted by Crippen LogP contribution is -2.20. The van der Waals surface area contributed by atoms with Crippen LogP contribution in [0.3, 0.4) is 0 Å². The highest BCUT2D eigenvalue weighted by Gasteiger charge is 2.27. The standard InChI is InChI=1S/C21H20N2O4S/c1-26-21(17-11-16-9-5-6-10-18(16)23-13-17)20(24)19(12-22)27-28(25)14-15-7-3-2-4-8-15/h2-13,21H,14,22H2,1H3/b19-12-. The summed E-state index contributed by atoms with van der Waals surface area (Å²) >= 11 is -1.76. The number of aromatic nitrogens is 1. The molecule has 2 atom stereocenters. The summed E-state index contributed by atoms with van der Waals surface area (Å²) in [6, 6.07) is 18.6. The molecule has 2 aromatic carbocycles. The van der Waals surface area contributed by atoms with Crippen LogP contribution in [0.4, 0.5) is 0 Å². The summed E-state index contributed by atoms with van der Waals surface area (Å²) in [5.74, 6) is -0.599. The van der Waals surface area contributed by atoms with E-state index in [1.807, 2.05) is 60.7 Å². The number of ether oxygens (including phenoxy) is 1. The third-order valence-electron chi connectivity index (χ3n) is 4.09. The highest BCUT2D eigenvalue weighted by atomic mass is 32.2. The number of nitrogens with two attached hydrogens (primary N) is 1. The summed E-state index contributed by atoms with van der Waals surface area (Å²) in [4.78, 5) is 17.2. The Labute approximate surface area is 165 Å². The van der Waals surface area contributed by atoms with Gasteiger partial charge in [0.1, 0.15) is 6.10 Å². The number of methoxy groups -OCH3 is 1. The van der Waals surface area contributed by atoms with E-state index in [-0.39, 0.29) is 11.5 Å². The van der Waals surface area contributed by atoms with E-state index >= 15 is 0 Å². The minimum Gasteiger partial charge on any atom is -0.401 e. The molecule has 0 fully saturated rings. The fraction of sp³-hybridized carbons (Fsp3) is 0.143. The Bertz CT molecular complexity index is 1020. The van der Waals surface area contributed by atoms with Gasteiger partial charge in [0.15, 0.2) is 0 Å². The van der Waals surface area contributed by atoms with Gasteiger partial charge in [-0.25, -0.2) is 4.21 Å². The largest absolute Gasteiger partial charge is 0.401 e. The van der Waals surface area contributed by atoms with Crippen LogP contribution >= 0.6 is 0 Å². The van der Waals surface area contributed by atoms with Crippen molar-refractivity contribution in [3.05, 3.63) is 89.9 Å². The lowest BCUT2D eigenvalue weighted by Gasteiger charge is -2.16. The number of para-hydroxylation sites is 1. The fourth-order valence-electron chi connectivity index (χ4n) is 2.75. The van der Waals surface area contributed by atoms with Crippen molar-refractivity contribution in [2.24, 2.45) is 5.73 Å². The monoisotopic (exact) mass is 396 g/mol. The molecular weight excluding hydrogens is 376 g/mol. The Morgan fingerprint density at radius 2 is 1.89 bits per heavy atom. The summed E-state index contributed by atoms with van der Waals surface area (Å²) < 4.78 is 23.0. The van der Waals surface area contributed by atoms with Gasteiger partial charge in [-0.2, -0.15) is 0 Å². The Hall–Kier alpha value is -3.03. The molecule has 7 heteroatoms. The Morgan fingerprint density at radius 3 is 2.61 bits per heavy atom. The number of rotatable bonds is 8. The van der Waals surface area contributed by atoms with E-state index in [9.17, 15) is 9.00 Å². The average molecular weight is 396 g/mol. The summed E-state index contributed by atoms with van der Waals surface area (Å²) in [6.07, 6.45) is 1.61. The van der Waals surface area contributed by atoms with Crippen molar-refractivity contribution in [3.8, 4) is 0 Å². The molecule has 0 aliphatic rings. The molecular formula is C21H20N2O4S. The fourth-order valence-corrected chi connectivity index (χ4v) is 3.61. The van der Waals surface area contributed by atoms with Crippen LogP contribution in [-0.2, 0) is 30.5 Å². The Morgan fingerprint density at radius 1 is 1.18 bits per heavy atom. The van der Waals surface area contributed by atoms with Crippen molar-refractivity contribution in [3.63, 3.8) is 0 Å². The SMILES string of the molecule is COC(C(=O)/C(=C/N)OS(=O)Cc1ccccc1)c1cnc2ccccc2c1. The first-order chi connectivity index (χ1) is 13.6. The highest BCUT2D eigenvalue weighted by Crippen LogP contribution is 2.24. The minimum absolute atomic E-state index is 0.140. The number of ketones is 1. The number of hydrogen-bond donors (Lipinski definition) is 1. The van der Waals surface area contributed by atoms with Crippen molar-refractivity contribution in [2.45, 2.75) is 11.9 Å². The van der Waals surface area contributed by atoms with Gasteiger partial charge >= 0.3 is 0 Å². The first-order valence-electron chi connectivity index (χ1n) is 8.56. The second-order valence-electron chi connectivity index (χ2n) is 5.99. The van der Waals surface area contributed by atoms with E-state index in [0.29, 0.717) is 5.56 Å². The first kappa shape index (κ1) is 19.7. The van der Waals surface area contributed by atoms with Crippen LogP contribution in [0.5, 0.6) is 0 Å². The normalized spacial score (nSPS) is 13.8. The maximum Gasteiger partial charge on any atom is 0.233 e. The van der Waals surface area contributed by atoms with Crippen molar-refractivity contribution >= 4 is 27.8 Å². The van der Waals surface area contributed by atoms with Gasteiger partial charge in [0.2, 0.25) is 22.6 Å². The van der Waals surface area contributed by atoms with E-state index in [0.717, 1.165) is 22.7 Å². The predicted octanol–water partition coefficient (Wildman–Crippen LogP) is 3.17. The van der Waals surface area contributed by atoms with Gasteiger partial charge in [-0.05, 0) is 17.7 Å². The maximum atomic E-state index is 12.9. The zero-order chi connectivity index (χ0) is 19.9. The molecule has 1 aromatic heterocycles. The number of nitrogens with zero attached hydrogens (tertiary/aromatic N) is 1. The average Bonchev–Trinajstić information content (AvgIpc) is 2.73. The van der Waals surface area contributed by atoms with Crippen molar-refractivity contribution in [1.82, 2.24) is 4.98 Å². The van der Waals surface area contributed by atoms with Crippen molar-refractivity contribution in [2.75, 3.05) is 7.11 Å². The van der Waals surface area contributed by atoms with Gasteiger partial charge in [-0.1, -0.05) is 48.5 Å². The number of fused-ring (bicyclic) bond motifs is 1. The van der Waals surface area contributed by atoms with E-state index in [4.69, 9.17) is 14.7 Å². The molecule has 6 nitrogen and oxygen atoms in total. The zero-order valence-corrected chi connectivity index (χ0v) is 16.1. The highest BCUT2D eigenvalue weighted by molar-refractivity contribution is 7.79. The zero-order valence-electron chi connectivity index (χ0n) is 15.3. The van der Waals surface area contributed by atoms with Gasteiger partial charge in [0.25, 0.3) is 0 Å². The second-order valence-corrected chi connectivity index (χ2v) is 7.05. The van der Waals surface area contributed by atoms with E-state index in [1.54, 1.807) is 6.20 Å². The molecule has 1 heterocycles. The van der Waals surface area contributed by atoms with Gasteiger partial charge in [0.05, 0.1) is 11.3 Å². The lowest BCUT2D eigenvalue weighted by molar-refractivity contribution is -0.127. The van der Waals surface area contributed by atoms with Crippen LogP contribution in [0.15, 0.2) is 78.8 Å². The minimum atomic E-state index is -1.76. The molecule has 0 saturated heterocycles. The molecule has 28 heavy (non-hydrogen) atoms. The summed E-state index contributed by atoms with van der Waals surface area (Å²) in [5, 5.41) is 0.877. The maximum absolute atomic E-state index is 12.9. The second kappa shape index (κ2) is 9.25. The number of benzene rings is 2. The first-order valence-corrected chi connectivity index (χ1v) is 9.81. The molecule has 144 valence electrons. The molecule has 0 aliphatic heterocycles. The molecule has 3 rings (SSSR count). The summed E-state index contributed by atoms with van der Waals surface area (Å²) in [5.41, 5.74) is 7.76. The van der Waals surface area contributed by atoms with Crippen LogP contribution < -0.4 is 5.73 Å². The van der Waals surface area contributed by atoms with Crippen LogP contribution in [0, 0.1) is 0 Å². The van der Waals surface area contributed by atoms with Crippen molar-refractivity contribution in [1.29, 1.82) is 0 Å². The molecule has 3 aromatic rings. The molecule has 0 aliphatic carbocycles. The number of carbonyl (C=O) groups excluding carboxylic acids is 1. The van der Waals surface area contributed by atoms with Gasteiger partial charge in [-0.3, -0.25) is 9.78 Å². The summed E-state index contributed by atoms with van der Waals surface area (Å²) in [7, 11) is 1.41. The number of pyridine rings is 1.